The highest BCUT2D eigenvalue weighted by Crippen LogP contribution is 2.34. The molecule has 3 nitrogen and oxygen atoms in total. The van der Waals surface area contributed by atoms with Gasteiger partial charge in [0.2, 0.25) is 0 Å². The summed E-state index contributed by atoms with van der Waals surface area (Å²) in [6.07, 6.45) is 1.87. The predicted molar refractivity (Wildman–Crippen MR) is 75.9 cm³/mol. The molecule has 0 amide bonds. The van der Waals surface area contributed by atoms with Gasteiger partial charge >= 0.3 is 0 Å². The van der Waals surface area contributed by atoms with Crippen molar-refractivity contribution in [2.75, 3.05) is 5.06 Å². The first-order chi connectivity index (χ1) is 9.27. The lowest BCUT2D eigenvalue weighted by atomic mass is 10.00. The van der Waals surface area contributed by atoms with Crippen LogP contribution in [0.2, 0.25) is 0 Å². The highest BCUT2D eigenvalue weighted by molar-refractivity contribution is 5.98. The maximum absolute atomic E-state index is 10.2. The van der Waals surface area contributed by atoms with Gasteiger partial charge in [0, 0.05) is 5.92 Å². The standard InChI is InChI=1S/C16H16N2O/c17-16(18(19)13-7-2-1-3-8-13)15-11-10-12-6-4-5-9-14(12)15/h1-9,15,17,19H,10-11H2. The molecule has 3 rings (SSSR count). The van der Waals surface area contributed by atoms with Crippen LogP contribution in [0.3, 0.4) is 0 Å². The Labute approximate surface area is 112 Å². The zero-order valence-corrected chi connectivity index (χ0v) is 10.6. The molecule has 2 N–H and O–H groups in total. The lowest BCUT2D eigenvalue weighted by molar-refractivity contribution is 0.307. The molecule has 96 valence electrons. The van der Waals surface area contributed by atoms with Crippen molar-refractivity contribution < 1.29 is 5.21 Å². The molecule has 1 aliphatic carbocycles. The summed E-state index contributed by atoms with van der Waals surface area (Å²) in [7, 11) is 0. The van der Waals surface area contributed by atoms with Crippen LogP contribution >= 0.6 is 0 Å². The van der Waals surface area contributed by atoms with E-state index in [9.17, 15) is 5.21 Å². The number of hydroxylamine groups is 1. The molecule has 0 heterocycles. The van der Waals surface area contributed by atoms with Crippen molar-refractivity contribution in [2.24, 2.45) is 0 Å². The zero-order valence-electron chi connectivity index (χ0n) is 10.6. The van der Waals surface area contributed by atoms with E-state index in [0.29, 0.717) is 5.69 Å². The van der Waals surface area contributed by atoms with Crippen LogP contribution in [0.15, 0.2) is 54.6 Å². The Balaban J connectivity index is 1.86. The normalized spacial score (nSPS) is 17.0. The quantitative estimate of drug-likeness (QED) is 0.487. The zero-order chi connectivity index (χ0) is 13.2. The van der Waals surface area contributed by atoms with E-state index >= 15 is 0 Å². The van der Waals surface area contributed by atoms with Gasteiger partial charge in [-0.15, -0.1) is 0 Å². The summed E-state index contributed by atoms with van der Waals surface area (Å²) in [6.45, 7) is 0. The Morgan fingerprint density at radius 2 is 1.74 bits per heavy atom. The van der Waals surface area contributed by atoms with Crippen LogP contribution < -0.4 is 5.06 Å². The monoisotopic (exact) mass is 252 g/mol. The summed E-state index contributed by atoms with van der Waals surface area (Å²) in [5.41, 5.74) is 3.10. The minimum absolute atomic E-state index is 0.0126. The molecule has 3 heteroatoms. The maximum Gasteiger partial charge on any atom is 0.134 e. The summed E-state index contributed by atoms with van der Waals surface area (Å²) in [4.78, 5) is 0. The van der Waals surface area contributed by atoms with E-state index in [4.69, 9.17) is 5.41 Å². The van der Waals surface area contributed by atoms with Gasteiger partial charge in [0.1, 0.15) is 5.84 Å². The first-order valence-electron chi connectivity index (χ1n) is 6.47. The lowest BCUT2D eigenvalue weighted by Gasteiger charge is -2.22. The average Bonchev–Trinajstić information content (AvgIpc) is 2.90. The number of nitrogens with zero attached hydrogens (tertiary/aromatic N) is 1. The fraction of sp³-hybridized carbons (Fsp3) is 0.188. The summed E-state index contributed by atoms with van der Waals surface area (Å²) < 4.78 is 0. The van der Waals surface area contributed by atoms with Gasteiger partial charge in [-0.3, -0.25) is 10.6 Å². The SMILES string of the molecule is N=C(C1CCc2ccccc21)N(O)c1ccccc1. The smallest absolute Gasteiger partial charge is 0.134 e. The molecular weight excluding hydrogens is 236 g/mol. The topological polar surface area (TPSA) is 47.3 Å². The predicted octanol–water partition coefficient (Wildman–Crippen LogP) is 3.59. The Kier molecular flexibility index (Phi) is 3.05. The minimum Gasteiger partial charge on any atom is -0.286 e. The number of benzene rings is 2. The molecule has 0 fully saturated rings. The molecule has 0 saturated carbocycles. The number of anilines is 1. The number of hydrogen-bond acceptors (Lipinski definition) is 2. The molecule has 0 radical (unpaired) electrons. The third-order valence-corrected chi connectivity index (χ3v) is 3.69. The average molecular weight is 252 g/mol. The number of rotatable bonds is 2. The van der Waals surface area contributed by atoms with Crippen LogP contribution in [0.25, 0.3) is 0 Å². The Morgan fingerprint density at radius 3 is 2.53 bits per heavy atom. The first-order valence-corrected chi connectivity index (χ1v) is 6.47. The van der Waals surface area contributed by atoms with Gasteiger partial charge in [-0.05, 0) is 36.1 Å². The molecule has 2 aromatic carbocycles. The second-order valence-corrected chi connectivity index (χ2v) is 4.82. The van der Waals surface area contributed by atoms with Crippen molar-refractivity contribution in [3.05, 3.63) is 65.7 Å². The van der Waals surface area contributed by atoms with Crippen LogP contribution in [-0.2, 0) is 6.42 Å². The van der Waals surface area contributed by atoms with Crippen LogP contribution in [-0.4, -0.2) is 11.0 Å². The summed E-state index contributed by atoms with van der Waals surface area (Å²) >= 11 is 0. The van der Waals surface area contributed by atoms with E-state index in [1.807, 2.05) is 30.3 Å². The second-order valence-electron chi connectivity index (χ2n) is 4.82. The van der Waals surface area contributed by atoms with E-state index in [1.54, 1.807) is 12.1 Å². The Hall–Kier alpha value is -2.13. The number of amidine groups is 1. The number of aryl methyl sites for hydroxylation is 1. The molecule has 0 spiro atoms. The van der Waals surface area contributed by atoms with Gasteiger partial charge in [0.25, 0.3) is 0 Å². The largest absolute Gasteiger partial charge is 0.286 e. The van der Waals surface area contributed by atoms with E-state index in [2.05, 4.69) is 12.1 Å². The summed E-state index contributed by atoms with van der Waals surface area (Å²) in [5.74, 6) is 0.234. The number of nitrogens with one attached hydrogen (secondary N) is 1. The van der Waals surface area contributed by atoms with Crippen LogP contribution in [0.1, 0.15) is 23.5 Å². The fourth-order valence-electron chi connectivity index (χ4n) is 2.70. The molecule has 1 unspecified atom stereocenters. The Bertz CT molecular complexity index is 595. The molecular formula is C16H16N2O. The van der Waals surface area contributed by atoms with Gasteiger partial charge in [0.05, 0.1) is 5.69 Å². The highest BCUT2D eigenvalue weighted by atomic mass is 16.5. The van der Waals surface area contributed by atoms with Gasteiger partial charge in [-0.1, -0.05) is 42.5 Å². The highest BCUT2D eigenvalue weighted by Gasteiger charge is 2.28. The van der Waals surface area contributed by atoms with E-state index in [-0.39, 0.29) is 11.8 Å². The molecule has 0 aromatic heterocycles. The molecule has 2 aromatic rings. The van der Waals surface area contributed by atoms with Gasteiger partial charge in [-0.25, -0.2) is 5.06 Å². The Morgan fingerprint density at radius 1 is 1.05 bits per heavy atom. The summed E-state index contributed by atoms with van der Waals surface area (Å²) in [6, 6.07) is 17.4. The number of para-hydroxylation sites is 1. The third kappa shape index (κ3) is 2.13. The maximum atomic E-state index is 10.2. The van der Waals surface area contributed by atoms with Crippen molar-refractivity contribution in [3.63, 3.8) is 0 Å². The van der Waals surface area contributed by atoms with E-state index < -0.39 is 0 Å². The first kappa shape index (κ1) is 11.9. The minimum atomic E-state index is -0.0126. The van der Waals surface area contributed by atoms with Crippen molar-refractivity contribution in [1.29, 1.82) is 5.41 Å². The molecule has 0 aliphatic heterocycles. The van der Waals surface area contributed by atoms with E-state index in [1.165, 1.54) is 11.1 Å². The van der Waals surface area contributed by atoms with Gasteiger partial charge in [-0.2, -0.15) is 0 Å². The third-order valence-electron chi connectivity index (χ3n) is 3.69. The second kappa shape index (κ2) is 4.86. The van der Waals surface area contributed by atoms with Crippen LogP contribution in [0, 0.1) is 5.41 Å². The van der Waals surface area contributed by atoms with Crippen molar-refractivity contribution >= 4 is 11.5 Å². The van der Waals surface area contributed by atoms with E-state index in [0.717, 1.165) is 17.9 Å². The van der Waals surface area contributed by atoms with Crippen molar-refractivity contribution in [2.45, 2.75) is 18.8 Å². The molecule has 19 heavy (non-hydrogen) atoms. The fourth-order valence-corrected chi connectivity index (χ4v) is 2.70. The molecule has 0 saturated heterocycles. The molecule has 1 atom stereocenters. The number of hydrogen-bond donors (Lipinski definition) is 2. The van der Waals surface area contributed by atoms with Crippen LogP contribution in [0.4, 0.5) is 5.69 Å². The molecule has 0 bridgehead atoms. The van der Waals surface area contributed by atoms with Crippen molar-refractivity contribution in [3.8, 4) is 0 Å². The lowest BCUT2D eigenvalue weighted by Crippen LogP contribution is -2.30. The summed E-state index contributed by atoms with van der Waals surface area (Å²) in [5, 5.41) is 19.4. The van der Waals surface area contributed by atoms with Gasteiger partial charge < -0.3 is 0 Å². The van der Waals surface area contributed by atoms with Crippen LogP contribution in [0.5, 0.6) is 0 Å². The number of fused-ring (bicyclic) bond motifs is 1. The molecule has 1 aliphatic rings. The van der Waals surface area contributed by atoms with Gasteiger partial charge in [0.15, 0.2) is 0 Å². The van der Waals surface area contributed by atoms with Crippen molar-refractivity contribution in [1.82, 2.24) is 0 Å².